The lowest BCUT2D eigenvalue weighted by Gasteiger charge is -2.24. The second-order valence-electron chi connectivity index (χ2n) is 4.77. The molecule has 15 heavy (non-hydrogen) atoms. The molecule has 3 nitrogen and oxygen atoms in total. The summed E-state index contributed by atoms with van der Waals surface area (Å²) in [5, 5.41) is 3.34. The highest BCUT2D eigenvalue weighted by Crippen LogP contribution is 2.27. The van der Waals surface area contributed by atoms with E-state index in [4.69, 9.17) is 0 Å². The summed E-state index contributed by atoms with van der Waals surface area (Å²) in [4.78, 5) is 14.2. The second kappa shape index (κ2) is 4.97. The third kappa shape index (κ3) is 2.33. The molecule has 1 saturated heterocycles. The minimum atomic E-state index is 0.116. The maximum atomic E-state index is 12.1. The molecule has 1 aliphatic heterocycles. The van der Waals surface area contributed by atoms with Crippen molar-refractivity contribution in [2.24, 2.45) is 0 Å². The first-order valence-electron chi connectivity index (χ1n) is 6.36. The van der Waals surface area contributed by atoms with E-state index in [9.17, 15) is 4.79 Å². The van der Waals surface area contributed by atoms with Gasteiger partial charge in [0.05, 0.1) is 6.04 Å². The molecule has 1 saturated carbocycles. The Morgan fingerprint density at radius 3 is 2.73 bits per heavy atom. The minimum absolute atomic E-state index is 0.116. The van der Waals surface area contributed by atoms with Crippen molar-refractivity contribution in [3.8, 4) is 0 Å². The third-order valence-electron chi connectivity index (χ3n) is 3.65. The van der Waals surface area contributed by atoms with Crippen molar-refractivity contribution < 1.29 is 4.79 Å². The fourth-order valence-electron chi connectivity index (χ4n) is 2.79. The zero-order valence-corrected chi connectivity index (χ0v) is 9.67. The van der Waals surface area contributed by atoms with Crippen LogP contribution in [-0.2, 0) is 4.79 Å². The Hall–Kier alpha value is -0.570. The molecule has 2 fully saturated rings. The van der Waals surface area contributed by atoms with Crippen LogP contribution in [0.25, 0.3) is 0 Å². The highest BCUT2D eigenvalue weighted by Gasteiger charge is 2.36. The molecule has 0 aromatic carbocycles. The monoisotopic (exact) mass is 210 g/mol. The van der Waals surface area contributed by atoms with Crippen molar-refractivity contribution in [1.82, 2.24) is 10.2 Å². The van der Waals surface area contributed by atoms with E-state index in [1.165, 1.54) is 25.7 Å². The van der Waals surface area contributed by atoms with Gasteiger partial charge in [0, 0.05) is 12.6 Å². The van der Waals surface area contributed by atoms with E-state index in [-0.39, 0.29) is 6.04 Å². The number of nitrogens with one attached hydrogen (secondary N) is 1. The summed E-state index contributed by atoms with van der Waals surface area (Å²) in [5.41, 5.74) is 0. The first kappa shape index (κ1) is 10.9. The normalized spacial score (nSPS) is 27.9. The van der Waals surface area contributed by atoms with Gasteiger partial charge in [-0.1, -0.05) is 19.8 Å². The number of rotatable bonds is 4. The number of likely N-dealkylation sites (tertiary alicyclic amines) is 1. The summed E-state index contributed by atoms with van der Waals surface area (Å²) in [5.74, 6) is 0.357. The Morgan fingerprint density at radius 2 is 2.07 bits per heavy atom. The predicted molar refractivity (Wildman–Crippen MR) is 60.7 cm³/mol. The Morgan fingerprint density at radius 1 is 1.33 bits per heavy atom. The largest absolute Gasteiger partial charge is 0.338 e. The van der Waals surface area contributed by atoms with Crippen molar-refractivity contribution in [3.05, 3.63) is 0 Å². The SMILES string of the molecule is CCCNC1CCN(C2CCCC2)C1=O. The Kier molecular flexibility index (Phi) is 3.62. The standard InChI is InChI=1S/C12H22N2O/c1-2-8-13-11-7-9-14(12(11)15)10-5-3-4-6-10/h10-11,13H,2-9H2,1H3. The zero-order chi connectivity index (χ0) is 10.7. The van der Waals surface area contributed by atoms with E-state index in [0.717, 1.165) is 25.9 Å². The van der Waals surface area contributed by atoms with Crippen LogP contribution in [0.5, 0.6) is 0 Å². The Labute approximate surface area is 92.2 Å². The summed E-state index contributed by atoms with van der Waals surface area (Å²) in [6.07, 6.45) is 7.18. The molecule has 0 spiro atoms. The highest BCUT2D eigenvalue weighted by atomic mass is 16.2. The van der Waals surface area contributed by atoms with Crippen molar-refractivity contribution >= 4 is 5.91 Å². The maximum Gasteiger partial charge on any atom is 0.240 e. The lowest BCUT2D eigenvalue weighted by Crippen LogP contribution is -2.42. The quantitative estimate of drug-likeness (QED) is 0.763. The van der Waals surface area contributed by atoms with E-state index in [1.54, 1.807) is 0 Å². The molecule has 1 aliphatic carbocycles. The third-order valence-corrected chi connectivity index (χ3v) is 3.65. The summed E-state index contributed by atoms with van der Waals surface area (Å²) < 4.78 is 0. The number of nitrogens with zero attached hydrogens (tertiary/aromatic N) is 1. The fraction of sp³-hybridized carbons (Fsp3) is 0.917. The van der Waals surface area contributed by atoms with Crippen LogP contribution in [-0.4, -0.2) is 36.0 Å². The van der Waals surface area contributed by atoms with Crippen molar-refractivity contribution in [1.29, 1.82) is 0 Å². The topological polar surface area (TPSA) is 32.3 Å². The molecule has 0 aromatic rings. The van der Waals surface area contributed by atoms with Gasteiger partial charge in [-0.3, -0.25) is 4.79 Å². The molecular formula is C12H22N2O. The molecule has 1 heterocycles. The number of hydrogen-bond acceptors (Lipinski definition) is 2. The highest BCUT2D eigenvalue weighted by molar-refractivity contribution is 5.84. The molecule has 2 aliphatic rings. The number of amides is 1. The summed E-state index contributed by atoms with van der Waals surface area (Å²) in [6.45, 7) is 4.08. The van der Waals surface area contributed by atoms with Gasteiger partial charge in [0.15, 0.2) is 0 Å². The molecule has 1 N–H and O–H groups in total. The van der Waals surface area contributed by atoms with Crippen molar-refractivity contribution in [3.63, 3.8) is 0 Å². The van der Waals surface area contributed by atoms with E-state index in [0.29, 0.717) is 11.9 Å². The molecule has 3 heteroatoms. The van der Waals surface area contributed by atoms with E-state index in [2.05, 4.69) is 17.1 Å². The van der Waals surface area contributed by atoms with Crippen LogP contribution in [0, 0.1) is 0 Å². The lowest BCUT2D eigenvalue weighted by molar-refractivity contribution is -0.131. The van der Waals surface area contributed by atoms with Crippen LogP contribution in [0.3, 0.4) is 0 Å². The van der Waals surface area contributed by atoms with Crippen LogP contribution in [0.4, 0.5) is 0 Å². The van der Waals surface area contributed by atoms with Gasteiger partial charge in [-0.15, -0.1) is 0 Å². The predicted octanol–water partition coefficient (Wildman–Crippen LogP) is 1.53. The number of carbonyl (C=O) groups is 1. The number of carbonyl (C=O) groups excluding carboxylic acids is 1. The molecule has 86 valence electrons. The molecule has 0 bridgehead atoms. The maximum absolute atomic E-state index is 12.1. The summed E-state index contributed by atoms with van der Waals surface area (Å²) >= 11 is 0. The average Bonchev–Trinajstić information content (AvgIpc) is 2.84. The van der Waals surface area contributed by atoms with Crippen molar-refractivity contribution in [2.75, 3.05) is 13.1 Å². The fourth-order valence-corrected chi connectivity index (χ4v) is 2.79. The molecule has 0 radical (unpaired) electrons. The van der Waals surface area contributed by atoms with Gasteiger partial charge in [-0.2, -0.15) is 0 Å². The molecule has 2 rings (SSSR count). The summed E-state index contributed by atoms with van der Waals surface area (Å²) in [7, 11) is 0. The minimum Gasteiger partial charge on any atom is -0.338 e. The average molecular weight is 210 g/mol. The first-order valence-corrected chi connectivity index (χ1v) is 6.36. The van der Waals surface area contributed by atoms with Gasteiger partial charge in [0.2, 0.25) is 5.91 Å². The first-order chi connectivity index (χ1) is 7.33. The zero-order valence-electron chi connectivity index (χ0n) is 9.67. The van der Waals surface area contributed by atoms with Crippen LogP contribution in [0.15, 0.2) is 0 Å². The van der Waals surface area contributed by atoms with Crippen LogP contribution >= 0.6 is 0 Å². The molecule has 1 amide bonds. The van der Waals surface area contributed by atoms with Crippen LogP contribution in [0.1, 0.15) is 45.4 Å². The van der Waals surface area contributed by atoms with Crippen LogP contribution in [0.2, 0.25) is 0 Å². The Bertz CT molecular complexity index is 224. The molecule has 0 aromatic heterocycles. The molecule has 1 atom stereocenters. The van der Waals surface area contributed by atoms with Gasteiger partial charge in [0.25, 0.3) is 0 Å². The van der Waals surface area contributed by atoms with Crippen molar-refractivity contribution in [2.45, 2.75) is 57.5 Å². The van der Waals surface area contributed by atoms with Crippen LogP contribution < -0.4 is 5.32 Å². The number of hydrogen-bond donors (Lipinski definition) is 1. The smallest absolute Gasteiger partial charge is 0.240 e. The van der Waals surface area contributed by atoms with E-state index >= 15 is 0 Å². The second-order valence-corrected chi connectivity index (χ2v) is 4.77. The van der Waals surface area contributed by atoms with Gasteiger partial charge < -0.3 is 10.2 Å². The van der Waals surface area contributed by atoms with Gasteiger partial charge in [0.1, 0.15) is 0 Å². The molecule has 1 unspecified atom stereocenters. The molecular weight excluding hydrogens is 188 g/mol. The van der Waals surface area contributed by atoms with E-state index < -0.39 is 0 Å². The van der Waals surface area contributed by atoms with Gasteiger partial charge in [-0.25, -0.2) is 0 Å². The van der Waals surface area contributed by atoms with E-state index in [1.807, 2.05) is 0 Å². The lowest BCUT2D eigenvalue weighted by atomic mass is 10.2. The summed E-state index contributed by atoms with van der Waals surface area (Å²) in [6, 6.07) is 0.677. The Balaban J connectivity index is 1.85. The van der Waals surface area contributed by atoms with Gasteiger partial charge >= 0.3 is 0 Å². The van der Waals surface area contributed by atoms with Gasteiger partial charge in [-0.05, 0) is 32.2 Å².